The molecule has 0 fully saturated rings. The summed E-state index contributed by atoms with van der Waals surface area (Å²) in [4.78, 5) is 8.00. The maximum atomic E-state index is 8.00. The largest absolute Gasteiger partial charge is 0.496 e. The molecule has 0 spiro atoms. The monoisotopic (exact) mass is 208 g/mol. The molecule has 0 bridgehead atoms. The van der Waals surface area contributed by atoms with E-state index in [0.717, 1.165) is 5.75 Å². The van der Waals surface area contributed by atoms with E-state index in [1.807, 2.05) is 6.79 Å². The van der Waals surface area contributed by atoms with Gasteiger partial charge < -0.3 is 9.53 Å². The van der Waals surface area contributed by atoms with Gasteiger partial charge >= 0.3 is 0 Å². The van der Waals surface area contributed by atoms with Gasteiger partial charge in [0.05, 0.1) is 7.11 Å². The smallest absolute Gasteiger partial charge is 0.125 e. The minimum absolute atomic E-state index is 1.04. The van der Waals surface area contributed by atoms with Gasteiger partial charge in [0, 0.05) is 0 Å². The predicted molar refractivity (Wildman–Crippen MR) is 63.8 cm³/mol. The summed E-state index contributed by atoms with van der Waals surface area (Å²) < 4.78 is 5.39. The lowest BCUT2D eigenvalue weighted by Gasteiger charge is -2.16. The zero-order valence-corrected chi connectivity index (χ0v) is 10.5. The van der Waals surface area contributed by atoms with Crippen LogP contribution in [0.3, 0.4) is 0 Å². The molecule has 84 valence electrons. The Hall–Kier alpha value is -1.31. The molecule has 1 rings (SSSR count). The molecule has 15 heavy (non-hydrogen) atoms. The Labute approximate surface area is 92.3 Å². The van der Waals surface area contributed by atoms with Crippen molar-refractivity contribution in [2.45, 2.75) is 34.6 Å². The molecule has 0 aliphatic rings. The first-order valence-electron chi connectivity index (χ1n) is 4.90. The summed E-state index contributed by atoms with van der Waals surface area (Å²) in [6, 6.07) is 0. The summed E-state index contributed by atoms with van der Waals surface area (Å²) in [5, 5.41) is 0. The van der Waals surface area contributed by atoms with Gasteiger partial charge in [-0.1, -0.05) is 0 Å². The van der Waals surface area contributed by atoms with Gasteiger partial charge in [-0.3, -0.25) is 0 Å². The molecule has 0 heterocycles. The lowest BCUT2D eigenvalue weighted by atomic mass is 9.94. The Morgan fingerprint density at radius 1 is 0.733 bits per heavy atom. The van der Waals surface area contributed by atoms with E-state index in [4.69, 9.17) is 9.53 Å². The van der Waals surface area contributed by atoms with Crippen molar-refractivity contribution in [2.75, 3.05) is 7.11 Å². The molecule has 0 aliphatic carbocycles. The molecule has 2 nitrogen and oxygen atoms in total. The second-order valence-electron chi connectivity index (χ2n) is 3.66. The van der Waals surface area contributed by atoms with Gasteiger partial charge in [0.2, 0.25) is 0 Å². The Morgan fingerprint density at radius 2 is 1.00 bits per heavy atom. The van der Waals surface area contributed by atoms with Gasteiger partial charge in [-0.25, -0.2) is 0 Å². The maximum Gasteiger partial charge on any atom is 0.125 e. The Bertz CT molecular complexity index is 325. The molecule has 0 amide bonds. The summed E-state index contributed by atoms with van der Waals surface area (Å²) in [6.07, 6.45) is 0. The number of benzene rings is 1. The molecule has 1 aromatic carbocycles. The third-order valence-electron chi connectivity index (χ3n) is 3.14. The molecular formula is C13H20O2. The summed E-state index contributed by atoms with van der Waals surface area (Å²) >= 11 is 0. The Balaban J connectivity index is 0.000000921. The van der Waals surface area contributed by atoms with E-state index >= 15 is 0 Å². The van der Waals surface area contributed by atoms with Crippen LogP contribution in [0.4, 0.5) is 0 Å². The fourth-order valence-corrected chi connectivity index (χ4v) is 1.77. The third-order valence-corrected chi connectivity index (χ3v) is 3.14. The molecule has 0 saturated heterocycles. The van der Waals surface area contributed by atoms with E-state index in [0.29, 0.717) is 0 Å². The van der Waals surface area contributed by atoms with Crippen LogP contribution in [-0.2, 0) is 4.79 Å². The van der Waals surface area contributed by atoms with Crippen LogP contribution in [0.25, 0.3) is 0 Å². The standard InChI is InChI=1S/C12H18O.CH2O/c1-7-8(2)10(4)12(13-6)11(5)9(7)3;1-2/h1-6H3;1H2. The maximum absolute atomic E-state index is 8.00. The highest BCUT2D eigenvalue weighted by molar-refractivity contribution is 5.53. The van der Waals surface area contributed by atoms with Gasteiger partial charge in [-0.2, -0.15) is 0 Å². The first-order valence-corrected chi connectivity index (χ1v) is 4.90. The number of ether oxygens (including phenoxy) is 1. The first-order chi connectivity index (χ1) is 7.00. The minimum atomic E-state index is 1.04. The van der Waals surface area contributed by atoms with E-state index in [1.165, 1.54) is 27.8 Å². The Morgan fingerprint density at radius 3 is 1.27 bits per heavy atom. The fourth-order valence-electron chi connectivity index (χ4n) is 1.77. The summed E-state index contributed by atoms with van der Waals surface area (Å²) in [5.41, 5.74) is 6.61. The third kappa shape index (κ3) is 2.38. The van der Waals surface area contributed by atoms with Crippen molar-refractivity contribution in [3.05, 3.63) is 27.8 Å². The number of hydrogen-bond donors (Lipinski definition) is 0. The quantitative estimate of drug-likeness (QED) is 0.709. The Kier molecular flexibility index (Phi) is 5.06. The highest BCUT2D eigenvalue weighted by Gasteiger charge is 2.11. The van der Waals surface area contributed by atoms with Crippen molar-refractivity contribution in [1.29, 1.82) is 0 Å². The van der Waals surface area contributed by atoms with Crippen LogP contribution in [0.1, 0.15) is 27.8 Å². The lowest BCUT2D eigenvalue weighted by Crippen LogP contribution is -1.99. The van der Waals surface area contributed by atoms with Crippen LogP contribution in [0.5, 0.6) is 5.75 Å². The van der Waals surface area contributed by atoms with E-state index in [2.05, 4.69) is 34.6 Å². The van der Waals surface area contributed by atoms with E-state index in [-0.39, 0.29) is 0 Å². The molecule has 0 aliphatic heterocycles. The van der Waals surface area contributed by atoms with Gasteiger partial charge in [-0.15, -0.1) is 0 Å². The second-order valence-corrected chi connectivity index (χ2v) is 3.66. The zero-order valence-electron chi connectivity index (χ0n) is 10.5. The van der Waals surface area contributed by atoms with Crippen LogP contribution in [0, 0.1) is 34.6 Å². The average molecular weight is 208 g/mol. The summed E-state index contributed by atoms with van der Waals surface area (Å²) in [7, 11) is 1.74. The average Bonchev–Trinajstić information content (AvgIpc) is 2.27. The molecule has 0 aromatic heterocycles. The highest BCUT2D eigenvalue weighted by Crippen LogP contribution is 2.31. The first kappa shape index (κ1) is 13.7. The normalized spacial score (nSPS) is 9.20. The van der Waals surface area contributed by atoms with E-state index in [9.17, 15) is 0 Å². The SMILES string of the molecule is C=O.COc1c(C)c(C)c(C)c(C)c1C. The topological polar surface area (TPSA) is 26.3 Å². The summed E-state index contributed by atoms with van der Waals surface area (Å²) in [5.74, 6) is 1.04. The molecule has 2 heteroatoms. The van der Waals surface area contributed by atoms with Crippen molar-refractivity contribution in [1.82, 2.24) is 0 Å². The van der Waals surface area contributed by atoms with Crippen molar-refractivity contribution in [3.8, 4) is 5.75 Å². The molecule has 0 saturated carbocycles. The van der Waals surface area contributed by atoms with Crippen LogP contribution in [0.15, 0.2) is 0 Å². The van der Waals surface area contributed by atoms with Crippen molar-refractivity contribution in [2.24, 2.45) is 0 Å². The van der Waals surface area contributed by atoms with Crippen molar-refractivity contribution < 1.29 is 9.53 Å². The van der Waals surface area contributed by atoms with Crippen LogP contribution in [0.2, 0.25) is 0 Å². The second kappa shape index (κ2) is 5.54. The molecular weight excluding hydrogens is 188 g/mol. The number of rotatable bonds is 1. The minimum Gasteiger partial charge on any atom is -0.496 e. The number of hydrogen-bond acceptors (Lipinski definition) is 2. The predicted octanol–water partition coefficient (Wildman–Crippen LogP) is 3.05. The number of methoxy groups -OCH3 is 1. The molecule has 0 radical (unpaired) electrons. The molecule has 0 N–H and O–H groups in total. The van der Waals surface area contributed by atoms with E-state index < -0.39 is 0 Å². The lowest BCUT2D eigenvalue weighted by molar-refractivity contribution is -0.0979. The van der Waals surface area contributed by atoms with Crippen molar-refractivity contribution in [3.63, 3.8) is 0 Å². The van der Waals surface area contributed by atoms with Gasteiger partial charge in [-0.05, 0) is 62.4 Å². The zero-order chi connectivity index (χ0) is 12.2. The van der Waals surface area contributed by atoms with Gasteiger partial charge in [0.25, 0.3) is 0 Å². The van der Waals surface area contributed by atoms with Crippen molar-refractivity contribution >= 4 is 6.79 Å². The van der Waals surface area contributed by atoms with Gasteiger partial charge in [0.1, 0.15) is 12.5 Å². The van der Waals surface area contributed by atoms with E-state index in [1.54, 1.807) is 7.11 Å². The molecule has 0 atom stereocenters. The van der Waals surface area contributed by atoms with Crippen LogP contribution >= 0.6 is 0 Å². The van der Waals surface area contributed by atoms with Crippen LogP contribution in [-0.4, -0.2) is 13.9 Å². The number of carbonyl (C=O) groups is 1. The fraction of sp³-hybridized carbons (Fsp3) is 0.462. The summed E-state index contributed by atoms with van der Waals surface area (Å²) in [6.45, 7) is 12.7. The molecule has 0 unspecified atom stereocenters. The number of carbonyl (C=O) groups excluding carboxylic acids is 1. The van der Waals surface area contributed by atoms with Gasteiger partial charge in [0.15, 0.2) is 0 Å². The molecule has 1 aromatic rings. The highest BCUT2D eigenvalue weighted by atomic mass is 16.5. The van der Waals surface area contributed by atoms with Crippen LogP contribution < -0.4 is 4.74 Å².